The van der Waals surface area contributed by atoms with Crippen molar-refractivity contribution >= 4 is 18.6 Å². The molecule has 0 unspecified atom stereocenters. The van der Waals surface area contributed by atoms with Crippen molar-refractivity contribution in [1.82, 2.24) is 0 Å². The lowest BCUT2D eigenvalue weighted by Crippen LogP contribution is -2.09. The SMILES string of the molecule is CCOC(=O)Cc1cc(S)c(CC)cc1C#N. The van der Waals surface area contributed by atoms with Gasteiger partial charge in [-0.05, 0) is 36.6 Å². The van der Waals surface area contributed by atoms with Crippen LogP contribution in [-0.2, 0) is 22.4 Å². The molecular weight excluding hydrogens is 234 g/mol. The molecule has 0 saturated carbocycles. The number of thiol groups is 1. The van der Waals surface area contributed by atoms with Crippen molar-refractivity contribution in [1.29, 1.82) is 5.26 Å². The van der Waals surface area contributed by atoms with Crippen molar-refractivity contribution in [3.63, 3.8) is 0 Å². The maximum Gasteiger partial charge on any atom is 0.310 e. The summed E-state index contributed by atoms with van der Waals surface area (Å²) in [6, 6.07) is 5.67. The van der Waals surface area contributed by atoms with Gasteiger partial charge < -0.3 is 4.74 Å². The Labute approximate surface area is 107 Å². The van der Waals surface area contributed by atoms with Crippen molar-refractivity contribution in [3.05, 3.63) is 28.8 Å². The number of hydrogen-bond acceptors (Lipinski definition) is 4. The monoisotopic (exact) mass is 249 g/mol. The van der Waals surface area contributed by atoms with Gasteiger partial charge in [-0.1, -0.05) is 6.92 Å². The van der Waals surface area contributed by atoms with E-state index in [4.69, 9.17) is 10.00 Å². The minimum absolute atomic E-state index is 0.119. The highest BCUT2D eigenvalue weighted by atomic mass is 32.1. The maximum atomic E-state index is 11.4. The number of carbonyl (C=O) groups is 1. The zero-order chi connectivity index (χ0) is 12.8. The number of rotatable bonds is 4. The molecule has 1 rings (SSSR count). The first-order chi connectivity index (χ1) is 8.12. The molecule has 0 spiro atoms. The van der Waals surface area contributed by atoms with Crippen LogP contribution in [0.5, 0.6) is 0 Å². The van der Waals surface area contributed by atoms with Crippen molar-refractivity contribution in [2.45, 2.75) is 31.6 Å². The van der Waals surface area contributed by atoms with E-state index in [1.807, 2.05) is 6.92 Å². The minimum Gasteiger partial charge on any atom is -0.466 e. The van der Waals surface area contributed by atoms with Crippen LogP contribution >= 0.6 is 12.6 Å². The smallest absolute Gasteiger partial charge is 0.310 e. The standard InChI is InChI=1S/C13H15NO2S/c1-3-9-5-11(8-14)10(6-12(9)17)7-13(15)16-4-2/h5-6,17H,3-4,7H2,1-2H3. The average molecular weight is 249 g/mol. The molecule has 4 heteroatoms. The molecule has 0 amide bonds. The van der Waals surface area contributed by atoms with Gasteiger partial charge >= 0.3 is 5.97 Å². The Morgan fingerprint density at radius 2 is 2.12 bits per heavy atom. The first kappa shape index (κ1) is 13.6. The molecule has 0 aliphatic heterocycles. The number of hydrogen-bond donors (Lipinski definition) is 1. The van der Waals surface area contributed by atoms with Crippen LogP contribution in [-0.4, -0.2) is 12.6 Å². The molecule has 0 fully saturated rings. The molecule has 0 saturated heterocycles. The molecule has 0 radical (unpaired) electrons. The van der Waals surface area contributed by atoms with Crippen LogP contribution in [0.3, 0.4) is 0 Å². The predicted molar refractivity (Wildman–Crippen MR) is 68.1 cm³/mol. The van der Waals surface area contributed by atoms with Crippen molar-refractivity contribution in [2.75, 3.05) is 6.61 Å². The third-order valence-electron chi connectivity index (χ3n) is 2.45. The highest BCUT2D eigenvalue weighted by Gasteiger charge is 2.11. The molecule has 17 heavy (non-hydrogen) atoms. The summed E-state index contributed by atoms with van der Waals surface area (Å²) in [5.41, 5.74) is 2.21. The van der Waals surface area contributed by atoms with E-state index < -0.39 is 0 Å². The van der Waals surface area contributed by atoms with E-state index in [0.717, 1.165) is 16.9 Å². The molecule has 0 aromatic heterocycles. The van der Waals surface area contributed by atoms with Crippen LogP contribution in [0.1, 0.15) is 30.5 Å². The first-order valence-electron chi connectivity index (χ1n) is 5.52. The van der Waals surface area contributed by atoms with E-state index in [0.29, 0.717) is 17.7 Å². The summed E-state index contributed by atoms with van der Waals surface area (Å²) < 4.78 is 4.87. The molecule has 3 nitrogen and oxygen atoms in total. The van der Waals surface area contributed by atoms with Gasteiger partial charge in [-0.15, -0.1) is 12.6 Å². The maximum absolute atomic E-state index is 11.4. The van der Waals surface area contributed by atoms with E-state index in [9.17, 15) is 4.79 Å². The summed E-state index contributed by atoms with van der Waals surface area (Å²) >= 11 is 4.35. The Morgan fingerprint density at radius 3 is 2.65 bits per heavy atom. The number of ether oxygens (including phenoxy) is 1. The van der Waals surface area contributed by atoms with Crippen molar-refractivity contribution < 1.29 is 9.53 Å². The van der Waals surface area contributed by atoms with Gasteiger partial charge in [0.15, 0.2) is 0 Å². The fraction of sp³-hybridized carbons (Fsp3) is 0.385. The van der Waals surface area contributed by atoms with Gasteiger partial charge in [-0.2, -0.15) is 5.26 Å². The Hall–Kier alpha value is -1.47. The topological polar surface area (TPSA) is 50.1 Å². The van der Waals surface area contributed by atoms with Crippen molar-refractivity contribution in [2.24, 2.45) is 0 Å². The van der Waals surface area contributed by atoms with E-state index in [1.54, 1.807) is 19.1 Å². The Morgan fingerprint density at radius 1 is 1.41 bits per heavy atom. The average Bonchev–Trinajstić information content (AvgIpc) is 2.29. The fourth-order valence-electron chi connectivity index (χ4n) is 1.58. The molecular formula is C13H15NO2S. The number of carbonyl (C=O) groups excluding carboxylic acids is 1. The number of nitrogens with zero attached hydrogens (tertiary/aromatic N) is 1. The minimum atomic E-state index is -0.319. The fourth-order valence-corrected chi connectivity index (χ4v) is 1.96. The number of benzene rings is 1. The van der Waals surface area contributed by atoms with Crippen LogP contribution in [0.2, 0.25) is 0 Å². The third-order valence-corrected chi connectivity index (χ3v) is 2.86. The van der Waals surface area contributed by atoms with Crippen LogP contribution < -0.4 is 0 Å². The molecule has 0 aliphatic carbocycles. The summed E-state index contributed by atoms with van der Waals surface area (Å²) in [4.78, 5) is 12.2. The normalized spacial score (nSPS) is 9.76. The Balaban J connectivity index is 3.03. The molecule has 0 N–H and O–H groups in total. The number of nitriles is 1. The molecule has 1 aromatic carbocycles. The summed E-state index contributed by atoms with van der Waals surface area (Å²) in [5, 5.41) is 9.05. The summed E-state index contributed by atoms with van der Waals surface area (Å²) in [6.45, 7) is 4.11. The quantitative estimate of drug-likeness (QED) is 0.659. The second kappa shape index (κ2) is 6.31. The van der Waals surface area contributed by atoms with Gasteiger partial charge in [0, 0.05) is 4.90 Å². The molecule has 0 aliphatic rings. The first-order valence-corrected chi connectivity index (χ1v) is 5.97. The largest absolute Gasteiger partial charge is 0.466 e. The second-order valence-electron chi connectivity index (χ2n) is 3.59. The second-order valence-corrected chi connectivity index (χ2v) is 4.07. The lowest BCUT2D eigenvalue weighted by Gasteiger charge is -2.08. The predicted octanol–water partition coefficient (Wildman–Crippen LogP) is 2.51. The van der Waals surface area contributed by atoms with E-state index in [1.165, 1.54) is 0 Å². The molecule has 1 aromatic rings. The zero-order valence-electron chi connectivity index (χ0n) is 9.99. The van der Waals surface area contributed by atoms with Crippen LogP contribution in [0, 0.1) is 11.3 Å². The van der Waals surface area contributed by atoms with E-state index >= 15 is 0 Å². The van der Waals surface area contributed by atoms with E-state index in [-0.39, 0.29) is 12.4 Å². The van der Waals surface area contributed by atoms with Gasteiger partial charge in [0.25, 0.3) is 0 Å². The summed E-state index contributed by atoms with van der Waals surface area (Å²) in [5.74, 6) is -0.319. The molecule has 0 heterocycles. The van der Waals surface area contributed by atoms with Crippen LogP contribution in [0.25, 0.3) is 0 Å². The number of aryl methyl sites for hydroxylation is 1. The van der Waals surface area contributed by atoms with Crippen LogP contribution in [0.4, 0.5) is 0 Å². The highest BCUT2D eigenvalue weighted by molar-refractivity contribution is 7.80. The molecule has 0 bridgehead atoms. The zero-order valence-corrected chi connectivity index (χ0v) is 10.9. The lowest BCUT2D eigenvalue weighted by atomic mass is 10.0. The Kier molecular flexibility index (Phi) is 5.05. The van der Waals surface area contributed by atoms with Crippen LogP contribution in [0.15, 0.2) is 17.0 Å². The van der Waals surface area contributed by atoms with Gasteiger partial charge in [0.05, 0.1) is 24.7 Å². The molecule has 0 atom stereocenters. The number of esters is 1. The lowest BCUT2D eigenvalue weighted by molar-refractivity contribution is -0.142. The summed E-state index contributed by atoms with van der Waals surface area (Å²) in [7, 11) is 0. The van der Waals surface area contributed by atoms with E-state index in [2.05, 4.69) is 18.7 Å². The van der Waals surface area contributed by atoms with Gasteiger partial charge in [-0.25, -0.2) is 0 Å². The summed E-state index contributed by atoms with van der Waals surface area (Å²) in [6.07, 6.45) is 0.932. The van der Waals surface area contributed by atoms with Crippen molar-refractivity contribution in [3.8, 4) is 6.07 Å². The molecule has 90 valence electrons. The van der Waals surface area contributed by atoms with Gasteiger partial charge in [-0.3, -0.25) is 4.79 Å². The van der Waals surface area contributed by atoms with Gasteiger partial charge in [0.1, 0.15) is 0 Å². The Bertz CT molecular complexity index is 463. The highest BCUT2D eigenvalue weighted by Crippen LogP contribution is 2.21. The third kappa shape index (κ3) is 3.50. The van der Waals surface area contributed by atoms with Gasteiger partial charge in [0.2, 0.25) is 0 Å².